The van der Waals surface area contributed by atoms with Gasteiger partial charge in [-0.3, -0.25) is 4.68 Å². The van der Waals surface area contributed by atoms with Crippen molar-refractivity contribution in [3.63, 3.8) is 0 Å². The number of imidazole rings is 3. The zero-order chi connectivity index (χ0) is 31.7. The van der Waals surface area contributed by atoms with Crippen LogP contribution in [-0.4, -0.2) is 53.2 Å². The van der Waals surface area contributed by atoms with E-state index in [2.05, 4.69) is 113 Å². The van der Waals surface area contributed by atoms with E-state index >= 15 is 0 Å². The van der Waals surface area contributed by atoms with Crippen LogP contribution in [0.25, 0.3) is 0 Å². The van der Waals surface area contributed by atoms with Gasteiger partial charge in [0, 0.05) is 73.6 Å². The van der Waals surface area contributed by atoms with E-state index in [1.807, 2.05) is 72.8 Å². The Balaban J connectivity index is -0.000000111. The summed E-state index contributed by atoms with van der Waals surface area (Å²) in [6.07, 6.45) is 20.5. The highest BCUT2D eigenvalue weighted by atomic mass is 15.3. The summed E-state index contributed by atoms with van der Waals surface area (Å²) in [5.41, 5.74) is 1.09. The fourth-order valence-electron chi connectivity index (χ4n) is 3.29. The third kappa shape index (κ3) is 22.5. The summed E-state index contributed by atoms with van der Waals surface area (Å²) in [7, 11) is 0. The SMILES string of the molecule is C.C.C.C.C.C.CC(C)n1cccn1.CC(C)n1ccnc1.CC(C)n1cnnc1.Cc1cn(C(C)C)cn1.Cc1nccn1C(C)C. The molecule has 0 saturated carbocycles. The maximum absolute atomic E-state index is 4.10. The summed E-state index contributed by atoms with van der Waals surface area (Å²) in [5, 5.41) is 11.3. The lowest BCUT2D eigenvalue weighted by Gasteiger charge is -2.07. The topological polar surface area (TPSA) is 102 Å². The molecule has 11 nitrogen and oxygen atoms in total. The summed E-state index contributed by atoms with van der Waals surface area (Å²) in [5.74, 6) is 1.09. The first-order valence-corrected chi connectivity index (χ1v) is 14.6. The monoisotopic (exact) mass is 676 g/mol. The third-order valence-corrected chi connectivity index (χ3v) is 5.95. The van der Waals surface area contributed by atoms with Gasteiger partial charge in [-0.2, -0.15) is 5.10 Å². The van der Waals surface area contributed by atoms with Gasteiger partial charge in [0.25, 0.3) is 0 Å². The molecule has 5 aromatic heterocycles. The van der Waals surface area contributed by atoms with Crippen molar-refractivity contribution in [2.75, 3.05) is 0 Å². The first-order chi connectivity index (χ1) is 19.8. The zero-order valence-corrected chi connectivity index (χ0v) is 27.7. The fraction of sp³-hybridized carbons (Fsp3) is 0.622. The molecule has 0 aliphatic rings. The number of nitrogens with zero attached hydrogens (tertiary/aromatic N) is 11. The number of rotatable bonds is 5. The molecule has 0 amide bonds. The Morgan fingerprint density at radius 1 is 0.500 bits per heavy atom. The molecule has 280 valence electrons. The third-order valence-electron chi connectivity index (χ3n) is 5.95. The van der Waals surface area contributed by atoms with Crippen LogP contribution < -0.4 is 0 Å². The molecule has 0 atom stereocenters. The predicted octanol–water partition coefficient (Wildman–Crippen LogP) is 11.1. The minimum atomic E-state index is 0. The zero-order valence-electron chi connectivity index (χ0n) is 27.7. The van der Waals surface area contributed by atoms with Crippen molar-refractivity contribution in [3.8, 4) is 0 Å². The van der Waals surface area contributed by atoms with Crippen LogP contribution in [0.4, 0.5) is 0 Å². The normalized spacial score (nSPS) is 9.19. The molecular formula is C37H77N11. The molecule has 0 aliphatic heterocycles. The lowest BCUT2D eigenvalue weighted by atomic mass is 10.4. The van der Waals surface area contributed by atoms with E-state index in [9.17, 15) is 0 Å². The van der Waals surface area contributed by atoms with Crippen LogP contribution in [0.1, 0.15) is 156 Å². The number of aryl methyl sites for hydroxylation is 2. The molecule has 0 spiro atoms. The van der Waals surface area contributed by atoms with Gasteiger partial charge in [-0.25, -0.2) is 15.0 Å². The standard InChI is InChI=1S/2C7H12N2.2C6H10N2.C5H9N3.6CH4/c1-6(2)9-4-7(3)8-5-9;1-6(2)9-5-4-8-7(9)3;1-6(2)8-4-3-7-5-8;1-6(2)8-5-3-4-7-8;1-5(2)8-3-6-7-4-8;;;;;;/h2*4-6H,1-3H3;2*3-6H,1-2H3;3-5H,1-2H3;6*1H4. The van der Waals surface area contributed by atoms with Crippen LogP contribution in [0.15, 0.2) is 74.8 Å². The van der Waals surface area contributed by atoms with Crippen molar-refractivity contribution < 1.29 is 0 Å². The lowest BCUT2D eigenvalue weighted by Crippen LogP contribution is -2.00. The van der Waals surface area contributed by atoms with Crippen LogP contribution in [-0.2, 0) is 0 Å². The van der Waals surface area contributed by atoms with E-state index in [1.165, 1.54) is 0 Å². The maximum atomic E-state index is 4.10. The summed E-state index contributed by atoms with van der Waals surface area (Å²) in [4.78, 5) is 12.1. The summed E-state index contributed by atoms with van der Waals surface area (Å²) >= 11 is 0. The minimum absolute atomic E-state index is 0. The van der Waals surface area contributed by atoms with Crippen molar-refractivity contribution in [3.05, 3.63) is 86.3 Å². The van der Waals surface area contributed by atoms with Gasteiger partial charge in [0.15, 0.2) is 0 Å². The Morgan fingerprint density at radius 2 is 1.04 bits per heavy atom. The molecule has 5 heterocycles. The van der Waals surface area contributed by atoms with Crippen LogP contribution in [0.2, 0.25) is 0 Å². The van der Waals surface area contributed by atoms with Crippen LogP contribution in [0, 0.1) is 13.8 Å². The molecule has 0 radical (unpaired) electrons. The average Bonchev–Trinajstić information content (AvgIpc) is 3.76. The van der Waals surface area contributed by atoms with Gasteiger partial charge in [0.1, 0.15) is 18.5 Å². The van der Waals surface area contributed by atoms with E-state index in [4.69, 9.17) is 0 Å². The van der Waals surface area contributed by atoms with E-state index < -0.39 is 0 Å². The van der Waals surface area contributed by atoms with E-state index in [0.29, 0.717) is 30.2 Å². The Hall–Kier alpha value is -4.02. The second-order valence-corrected chi connectivity index (χ2v) is 11.2. The van der Waals surface area contributed by atoms with Crippen LogP contribution >= 0.6 is 0 Å². The van der Waals surface area contributed by atoms with Crippen molar-refractivity contribution >= 4 is 0 Å². The number of aromatic nitrogens is 11. The lowest BCUT2D eigenvalue weighted by molar-refractivity contribution is 0.532. The van der Waals surface area contributed by atoms with Crippen LogP contribution in [0.5, 0.6) is 0 Å². The van der Waals surface area contributed by atoms with Gasteiger partial charge in [-0.15, -0.1) is 10.2 Å². The molecular weight excluding hydrogens is 598 g/mol. The summed E-state index contributed by atoms with van der Waals surface area (Å²) in [6, 6.07) is 4.51. The van der Waals surface area contributed by atoms with Crippen molar-refractivity contribution in [2.24, 2.45) is 0 Å². The predicted molar refractivity (Wildman–Crippen MR) is 211 cm³/mol. The highest BCUT2D eigenvalue weighted by Gasteiger charge is 1.98. The van der Waals surface area contributed by atoms with Crippen molar-refractivity contribution in [1.82, 2.24) is 53.2 Å². The van der Waals surface area contributed by atoms with Gasteiger partial charge in [0.2, 0.25) is 0 Å². The smallest absolute Gasteiger partial charge is 0.119 e. The van der Waals surface area contributed by atoms with Gasteiger partial charge in [-0.05, 0) is 89.2 Å². The average molecular weight is 676 g/mol. The largest absolute Gasteiger partial charge is 0.335 e. The maximum Gasteiger partial charge on any atom is 0.119 e. The molecule has 0 aromatic carbocycles. The molecule has 0 fully saturated rings. The number of hydrogen-bond donors (Lipinski definition) is 0. The molecule has 48 heavy (non-hydrogen) atoms. The molecule has 5 aromatic rings. The Labute approximate surface area is 296 Å². The highest BCUT2D eigenvalue weighted by molar-refractivity contribution is 4.93. The Bertz CT molecular complexity index is 1190. The Kier molecular flexibility index (Phi) is 35.6. The second-order valence-electron chi connectivity index (χ2n) is 11.2. The molecule has 0 saturated heterocycles. The molecule has 0 N–H and O–H groups in total. The van der Waals surface area contributed by atoms with Gasteiger partial charge in [0.05, 0.1) is 18.3 Å². The first-order valence-electron chi connectivity index (χ1n) is 14.6. The Morgan fingerprint density at radius 3 is 1.25 bits per heavy atom. The quantitative estimate of drug-likeness (QED) is 0.184. The molecule has 0 unspecified atom stereocenters. The van der Waals surface area contributed by atoms with E-state index in [-0.39, 0.29) is 44.6 Å². The second kappa shape index (κ2) is 30.3. The van der Waals surface area contributed by atoms with Gasteiger partial charge < -0.3 is 18.3 Å². The molecule has 0 bridgehead atoms. The van der Waals surface area contributed by atoms with E-state index in [1.54, 1.807) is 25.0 Å². The number of hydrogen-bond acceptors (Lipinski definition) is 6. The van der Waals surface area contributed by atoms with E-state index in [0.717, 1.165) is 11.5 Å². The summed E-state index contributed by atoms with van der Waals surface area (Å²) in [6.45, 7) is 25.2. The van der Waals surface area contributed by atoms with Crippen LogP contribution in [0.3, 0.4) is 0 Å². The molecule has 11 heteroatoms. The van der Waals surface area contributed by atoms with Gasteiger partial charge >= 0.3 is 0 Å². The summed E-state index contributed by atoms with van der Waals surface area (Å²) < 4.78 is 10.1. The van der Waals surface area contributed by atoms with Crippen molar-refractivity contribution in [1.29, 1.82) is 0 Å². The molecule has 0 aliphatic carbocycles. The van der Waals surface area contributed by atoms with Crippen molar-refractivity contribution in [2.45, 2.75) is 158 Å². The fourth-order valence-corrected chi connectivity index (χ4v) is 3.29. The first kappa shape index (κ1) is 56.3. The molecule has 5 rings (SSSR count). The minimum Gasteiger partial charge on any atom is -0.335 e. The van der Waals surface area contributed by atoms with Gasteiger partial charge in [-0.1, -0.05) is 44.6 Å². The highest BCUT2D eigenvalue weighted by Crippen LogP contribution is 2.06.